The molecule has 3 heteroatoms. The minimum Gasteiger partial charge on any atom is -0.372 e. The Balaban J connectivity index is 2.84. The second kappa shape index (κ2) is 5.27. The maximum atomic E-state index is 11.9. The molecule has 2 atom stereocenters. The van der Waals surface area contributed by atoms with Crippen molar-refractivity contribution < 1.29 is 9.53 Å². The number of ether oxygens (including phenoxy) is 1. The van der Waals surface area contributed by atoms with Gasteiger partial charge in [-0.25, -0.2) is 0 Å². The van der Waals surface area contributed by atoms with Crippen LogP contribution in [0.25, 0.3) is 0 Å². The van der Waals surface area contributed by atoms with Crippen LogP contribution in [0.1, 0.15) is 17.3 Å². The molecule has 2 nitrogen and oxygen atoms in total. The van der Waals surface area contributed by atoms with Crippen LogP contribution in [0.5, 0.6) is 0 Å². The first-order valence-electron chi connectivity index (χ1n) is 4.43. The van der Waals surface area contributed by atoms with E-state index in [1.165, 1.54) is 0 Å². The first-order chi connectivity index (χ1) is 6.66. The monoisotopic (exact) mass is 256 g/mol. The van der Waals surface area contributed by atoms with Gasteiger partial charge in [-0.1, -0.05) is 46.3 Å². The van der Waals surface area contributed by atoms with E-state index in [-0.39, 0.29) is 10.6 Å². The van der Waals surface area contributed by atoms with Gasteiger partial charge in [0.15, 0.2) is 5.78 Å². The molecule has 0 bridgehead atoms. The van der Waals surface area contributed by atoms with E-state index in [2.05, 4.69) is 15.9 Å². The molecule has 0 saturated heterocycles. The maximum absolute atomic E-state index is 11.9. The summed E-state index contributed by atoms with van der Waals surface area (Å²) in [7, 11) is 1.54. The van der Waals surface area contributed by atoms with Gasteiger partial charge in [-0.3, -0.25) is 4.79 Å². The summed E-state index contributed by atoms with van der Waals surface area (Å²) in [5, 5.41) is 0. The average molecular weight is 257 g/mol. The van der Waals surface area contributed by atoms with Crippen LogP contribution >= 0.6 is 15.9 Å². The molecule has 0 heterocycles. The van der Waals surface area contributed by atoms with Crippen LogP contribution in [-0.4, -0.2) is 23.8 Å². The lowest BCUT2D eigenvalue weighted by Gasteiger charge is -2.16. The van der Waals surface area contributed by atoms with Gasteiger partial charge in [0.2, 0.25) is 0 Å². The van der Waals surface area contributed by atoms with Gasteiger partial charge in [0.05, 0.1) is 0 Å². The van der Waals surface area contributed by atoms with E-state index in [1.807, 2.05) is 25.1 Å². The van der Waals surface area contributed by atoms with Crippen LogP contribution in [0, 0.1) is 0 Å². The molecule has 0 N–H and O–H groups in total. The Hall–Kier alpha value is -0.670. The van der Waals surface area contributed by atoms with Crippen LogP contribution in [0.3, 0.4) is 0 Å². The predicted molar refractivity (Wildman–Crippen MR) is 60.0 cm³/mol. The lowest BCUT2D eigenvalue weighted by molar-refractivity contribution is 0.0616. The van der Waals surface area contributed by atoms with Crippen molar-refractivity contribution in [3.05, 3.63) is 35.9 Å². The standard InChI is InChI=1S/C11H13BrO2/c1-8(12)11(14-2)10(13)9-6-4-3-5-7-9/h3-8,11H,1-2H3. The van der Waals surface area contributed by atoms with Gasteiger partial charge >= 0.3 is 0 Å². The van der Waals surface area contributed by atoms with E-state index < -0.39 is 6.10 Å². The number of hydrogen-bond acceptors (Lipinski definition) is 2. The zero-order valence-electron chi connectivity index (χ0n) is 8.24. The number of ketones is 1. The van der Waals surface area contributed by atoms with Gasteiger partial charge in [-0.05, 0) is 6.92 Å². The lowest BCUT2D eigenvalue weighted by Crippen LogP contribution is -2.30. The van der Waals surface area contributed by atoms with E-state index in [1.54, 1.807) is 19.2 Å². The van der Waals surface area contributed by atoms with Crippen LogP contribution in [0.2, 0.25) is 0 Å². The summed E-state index contributed by atoms with van der Waals surface area (Å²) >= 11 is 3.35. The number of halogens is 1. The number of benzene rings is 1. The first-order valence-corrected chi connectivity index (χ1v) is 5.34. The minimum absolute atomic E-state index is 0.0116. The van der Waals surface area contributed by atoms with Crippen molar-refractivity contribution >= 4 is 21.7 Å². The van der Waals surface area contributed by atoms with E-state index in [0.29, 0.717) is 5.56 Å². The molecule has 14 heavy (non-hydrogen) atoms. The van der Waals surface area contributed by atoms with Crippen LogP contribution in [-0.2, 0) is 4.74 Å². The third-order valence-electron chi connectivity index (χ3n) is 1.99. The van der Waals surface area contributed by atoms with Gasteiger partial charge in [0.25, 0.3) is 0 Å². The summed E-state index contributed by atoms with van der Waals surface area (Å²) in [5.74, 6) is 0.0116. The second-order valence-corrected chi connectivity index (χ2v) is 4.51. The van der Waals surface area contributed by atoms with Crippen molar-refractivity contribution in [1.29, 1.82) is 0 Å². The fourth-order valence-corrected chi connectivity index (χ4v) is 1.73. The van der Waals surface area contributed by atoms with Gasteiger partial charge in [0, 0.05) is 17.5 Å². The number of alkyl halides is 1. The Morgan fingerprint density at radius 3 is 2.36 bits per heavy atom. The smallest absolute Gasteiger partial charge is 0.192 e. The highest BCUT2D eigenvalue weighted by atomic mass is 79.9. The average Bonchev–Trinajstić information content (AvgIpc) is 2.19. The highest BCUT2D eigenvalue weighted by Gasteiger charge is 2.23. The molecule has 1 rings (SSSR count). The summed E-state index contributed by atoms with van der Waals surface area (Å²) in [4.78, 5) is 11.9. The maximum Gasteiger partial charge on any atom is 0.192 e. The van der Waals surface area contributed by atoms with Gasteiger partial charge in [-0.15, -0.1) is 0 Å². The number of rotatable bonds is 4. The van der Waals surface area contributed by atoms with Crippen molar-refractivity contribution in [1.82, 2.24) is 0 Å². The Kier molecular flexibility index (Phi) is 4.29. The van der Waals surface area contributed by atoms with E-state index >= 15 is 0 Å². The summed E-state index contributed by atoms with van der Waals surface area (Å²) in [5.41, 5.74) is 0.686. The topological polar surface area (TPSA) is 26.3 Å². The highest BCUT2D eigenvalue weighted by Crippen LogP contribution is 2.14. The first kappa shape index (κ1) is 11.4. The van der Waals surface area contributed by atoms with Crippen molar-refractivity contribution in [2.75, 3.05) is 7.11 Å². The molecule has 0 radical (unpaired) electrons. The van der Waals surface area contributed by atoms with Gasteiger partial charge < -0.3 is 4.74 Å². The normalized spacial score (nSPS) is 14.8. The number of carbonyl (C=O) groups excluding carboxylic acids is 1. The summed E-state index contributed by atoms with van der Waals surface area (Å²) in [6.07, 6.45) is -0.419. The molecule has 76 valence electrons. The third-order valence-corrected chi connectivity index (χ3v) is 2.47. The lowest BCUT2D eigenvalue weighted by atomic mass is 10.0. The summed E-state index contributed by atoms with van der Waals surface area (Å²) in [6, 6.07) is 9.17. The second-order valence-electron chi connectivity index (χ2n) is 3.06. The van der Waals surface area contributed by atoms with Crippen LogP contribution < -0.4 is 0 Å². The molecule has 0 aliphatic heterocycles. The van der Waals surface area contributed by atoms with E-state index in [9.17, 15) is 4.79 Å². The molecular weight excluding hydrogens is 244 g/mol. The minimum atomic E-state index is -0.419. The largest absolute Gasteiger partial charge is 0.372 e. The predicted octanol–water partition coefficient (Wildman–Crippen LogP) is 2.67. The quantitative estimate of drug-likeness (QED) is 0.612. The Labute approximate surface area is 92.4 Å². The molecule has 0 spiro atoms. The Morgan fingerprint density at radius 1 is 1.36 bits per heavy atom. The molecular formula is C11H13BrO2. The number of methoxy groups -OCH3 is 1. The Morgan fingerprint density at radius 2 is 1.93 bits per heavy atom. The van der Waals surface area contributed by atoms with Crippen LogP contribution in [0.4, 0.5) is 0 Å². The molecule has 0 amide bonds. The molecule has 0 fully saturated rings. The van der Waals surface area contributed by atoms with Crippen molar-refractivity contribution in [2.24, 2.45) is 0 Å². The van der Waals surface area contributed by atoms with E-state index in [0.717, 1.165) is 0 Å². The summed E-state index contributed by atoms with van der Waals surface area (Å²) in [6.45, 7) is 1.90. The fraction of sp³-hybridized carbons (Fsp3) is 0.364. The van der Waals surface area contributed by atoms with Gasteiger partial charge in [-0.2, -0.15) is 0 Å². The number of Topliss-reactive ketones (excluding diaryl/α,β-unsaturated/α-hetero) is 1. The SMILES string of the molecule is COC(C(=O)c1ccccc1)C(C)Br. The molecule has 0 aliphatic rings. The molecule has 2 unspecified atom stereocenters. The molecule has 0 aromatic heterocycles. The van der Waals surface area contributed by atoms with Crippen molar-refractivity contribution in [3.63, 3.8) is 0 Å². The Bertz CT molecular complexity index is 295. The van der Waals surface area contributed by atoms with Crippen molar-refractivity contribution in [2.45, 2.75) is 17.9 Å². The van der Waals surface area contributed by atoms with Crippen LogP contribution in [0.15, 0.2) is 30.3 Å². The van der Waals surface area contributed by atoms with Crippen molar-refractivity contribution in [3.8, 4) is 0 Å². The molecule has 1 aromatic rings. The van der Waals surface area contributed by atoms with Gasteiger partial charge in [0.1, 0.15) is 6.10 Å². The zero-order valence-corrected chi connectivity index (χ0v) is 9.82. The number of hydrogen-bond donors (Lipinski definition) is 0. The summed E-state index contributed by atoms with van der Waals surface area (Å²) < 4.78 is 5.13. The molecule has 1 aromatic carbocycles. The number of carbonyl (C=O) groups is 1. The zero-order chi connectivity index (χ0) is 10.6. The molecule has 0 saturated carbocycles. The fourth-order valence-electron chi connectivity index (χ4n) is 1.27. The third kappa shape index (κ3) is 2.66. The highest BCUT2D eigenvalue weighted by molar-refractivity contribution is 9.09. The molecule has 0 aliphatic carbocycles. The van der Waals surface area contributed by atoms with E-state index in [4.69, 9.17) is 4.74 Å².